The molecule has 0 aromatic heterocycles. The summed E-state index contributed by atoms with van der Waals surface area (Å²) in [5.41, 5.74) is 0.0554. The molecule has 138 valence electrons. The van der Waals surface area contributed by atoms with Crippen LogP contribution in [0.1, 0.15) is 24.2 Å². The molecule has 26 heavy (non-hydrogen) atoms. The van der Waals surface area contributed by atoms with Crippen molar-refractivity contribution in [3.05, 3.63) is 58.9 Å². The van der Waals surface area contributed by atoms with Gasteiger partial charge in [0.15, 0.2) is 6.10 Å². The fourth-order valence-electron chi connectivity index (χ4n) is 2.09. The number of carbonyl (C=O) groups is 2. The summed E-state index contributed by atoms with van der Waals surface area (Å²) in [6, 6.07) is 10.1. The van der Waals surface area contributed by atoms with Crippen molar-refractivity contribution >= 4 is 40.0 Å². The SMILES string of the molecule is CC[S@](=O)c1ccccc1C(=O)O[C@H](C)C(=O)Nc1ccc(Cl)cc1F. The van der Waals surface area contributed by atoms with Crippen molar-refractivity contribution in [2.75, 3.05) is 11.1 Å². The smallest absolute Gasteiger partial charge is 0.340 e. The van der Waals surface area contributed by atoms with Gasteiger partial charge in [-0.25, -0.2) is 9.18 Å². The van der Waals surface area contributed by atoms with E-state index >= 15 is 0 Å². The summed E-state index contributed by atoms with van der Waals surface area (Å²) < 4.78 is 30.9. The maximum absolute atomic E-state index is 13.7. The van der Waals surface area contributed by atoms with Gasteiger partial charge < -0.3 is 10.1 Å². The zero-order chi connectivity index (χ0) is 19.3. The quantitative estimate of drug-likeness (QED) is 0.753. The van der Waals surface area contributed by atoms with E-state index in [4.69, 9.17) is 16.3 Å². The van der Waals surface area contributed by atoms with Crippen LogP contribution in [0.5, 0.6) is 0 Å². The molecule has 1 amide bonds. The largest absolute Gasteiger partial charge is 0.449 e. The van der Waals surface area contributed by atoms with Gasteiger partial charge in [0.05, 0.1) is 26.9 Å². The highest BCUT2D eigenvalue weighted by Gasteiger charge is 2.22. The maximum atomic E-state index is 13.7. The highest BCUT2D eigenvalue weighted by molar-refractivity contribution is 7.85. The minimum absolute atomic E-state index is 0.0743. The first-order valence-corrected chi connectivity index (χ1v) is 9.47. The van der Waals surface area contributed by atoms with Gasteiger partial charge in [0.2, 0.25) is 0 Å². The second kappa shape index (κ2) is 8.91. The lowest BCUT2D eigenvalue weighted by Gasteiger charge is -2.15. The molecule has 0 fully saturated rings. The molecular formula is C18H17ClFNO4S. The van der Waals surface area contributed by atoms with Crippen LogP contribution < -0.4 is 5.32 Å². The monoisotopic (exact) mass is 397 g/mol. The van der Waals surface area contributed by atoms with Crippen molar-refractivity contribution in [2.24, 2.45) is 0 Å². The Labute approximate surface area is 158 Å². The van der Waals surface area contributed by atoms with E-state index in [0.717, 1.165) is 6.07 Å². The number of carbonyl (C=O) groups excluding carboxylic acids is 2. The third-order valence-corrected chi connectivity index (χ3v) is 5.06. The molecule has 0 radical (unpaired) electrons. The van der Waals surface area contributed by atoms with Crippen molar-refractivity contribution in [3.8, 4) is 0 Å². The van der Waals surface area contributed by atoms with Gasteiger partial charge in [0.25, 0.3) is 5.91 Å². The molecule has 2 aromatic carbocycles. The number of hydrogen-bond donors (Lipinski definition) is 1. The molecule has 0 spiro atoms. The van der Waals surface area contributed by atoms with E-state index < -0.39 is 34.6 Å². The van der Waals surface area contributed by atoms with Crippen LogP contribution >= 0.6 is 11.6 Å². The summed E-state index contributed by atoms with van der Waals surface area (Å²) in [6.45, 7) is 3.09. The van der Waals surface area contributed by atoms with E-state index in [1.165, 1.54) is 25.1 Å². The highest BCUT2D eigenvalue weighted by atomic mass is 35.5. The van der Waals surface area contributed by atoms with Crippen LogP contribution in [0.15, 0.2) is 47.4 Å². The Hall–Kier alpha value is -2.25. The zero-order valence-electron chi connectivity index (χ0n) is 14.1. The minimum Gasteiger partial charge on any atom is -0.449 e. The van der Waals surface area contributed by atoms with Gasteiger partial charge in [-0.3, -0.25) is 9.00 Å². The van der Waals surface area contributed by atoms with Gasteiger partial charge in [-0.15, -0.1) is 0 Å². The summed E-state index contributed by atoms with van der Waals surface area (Å²) in [5.74, 6) is -1.83. The molecule has 8 heteroatoms. The standard InChI is InChI=1S/C18H17ClFNO4S/c1-3-26(24)16-7-5-4-6-13(16)18(23)25-11(2)17(22)21-15-9-8-12(19)10-14(15)20/h4-11H,3H2,1-2H3,(H,21,22)/t11-,26+/m1/s1. The van der Waals surface area contributed by atoms with E-state index in [0.29, 0.717) is 10.6 Å². The van der Waals surface area contributed by atoms with E-state index in [1.54, 1.807) is 25.1 Å². The van der Waals surface area contributed by atoms with Crippen molar-refractivity contribution in [3.63, 3.8) is 0 Å². The Morgan fingerprint density at radius 1 is 1.27 bits per heavy atom. The number of rotatable bonds is 6. The first-order chi connectivity index (χ1) is 12.3. The summed E-state index contributed by atoms with van der Waals surface area (Å²) in [7, 11) is -1.35. The van der Waals surface area contributed by atoms with E-state index in [-0.39, 0.29) is 16.3 Å². The molecule has 0 unspecified atom stereocenters. The molecule has 2 atom stereocenters. The molecule has 0 aliphatic heterocycles. The molecule has 1 N–H and O–H groups in total. The average Bonchev–Trinajstić information content (AvgIpc) is 2.63. The molecule has 0 saturated carbocycles. The first kappa shape index (κ1) is 20.1. The first-order valence-electron chi connectivity index (χ1n) is 7.77. The topological polar surface area (TPSA) is 72.5 Å². The molecule has 2 aromatic rings. The number of hydrogen-bond acceptors (Lipinski definition) is 4. The lowest BCUT2D eigenvalue weighted by Crippen LogP contribution is -2.30. The minimum atomic E-state index is -1.35. The summed E-state index contributed by atoms with van der Waals surface area (Å²) >= 11 is 5.66. The predicted octanol–water partition coefficient (Wildman–Crippen LogP) is 3.79. The van der Waals surface area contributed by atoms with Crippen molar-refractivity contribution in [2.45, 2.75) is 24.8 Å². The van der Waals surface area contributed by atoms with Crippen LogP contribution in [-0.4, -0.2) is 27.9 Å². The van der Waals surface area contributed by atoms with Crippen molar-refractivity contribution < 1.29 is 22.9 Å². The van der Waals surface area contributed by atoms with Crippen LogP contribution in [0.25, 0.3) is 0 Å². The van der Waals surface area contributed by atoms with Gasteiger partial charge in [-0.2, -0.15) is 0 Å². The Bertz CT molecular complexity index is 859. The molecule has 5 nitrogen and oxygen atoms in total. The zero-order valence-corrected chi connectivity index (χ0v) is 15.7. The van der Waals surface area contributed by atoms with Gasteiger partial charge in [-0.05, 0) is 37.3 Å². The molecule has 0 saturated heterocycles. The lowest BCUT2D eigenvalue weighted by molar-refractivity contribution is -0.123. The highest BCUT2D eigenvalue weighted by Crippen LogP contribution is 2.20. The third-order valence-electron chi connectivity index (χ3n) is 3.46. The second-order valence-corrected chi connectivity index (χ2v) is 7.44. The summed E-state index contributed by atoms with van der Waals surface area (Å²) in [5, 5.41) is 2.53. The number of ether oxygens (including phenoxy) is 1. The van der Waals surface area contributed by atoms with Crippen LogP contribution in [0.3, 0.4) is 0 Å². The van der Waals surface area contributed by atoms with E-state index in [9.17, 15) is 18.2 Å². The van der Waals surface area contributed by atoms with Crippen LogP contribution in [0, 0.1) is 5.82 Å². The Morgan fingerprint density at radius 2 is 1.96 bits per heavy atom. The molecular weight excluding hydrogens is 381 g/mol. The molecule has 0 aliphatic rings. The number of esters is 1. The van der Waals surface area contributed by atoms with Crippen LogP contribution in [0.2, 0.25) is 5.02 Å². The van der Waals surface area contributed by atoms with Gasteiger partial charge in [0.1, 0.15) is 5.82 Å². The van der Waals surface area contributed by atoms with Crippen LogP contribution in [-0.2, 0) is 20.3 Å². The van der Waals surface area contributed by atoms with E-state index in [1.807, 2.05) is 0 Å². The number of amides is 1. The van der Waals surface area contributed by atoms with Gasteiger partial charge in [0, 0.05) is 10.8 Å². The molecule has 0 aliphatic carbocycles. The molecule has 0 bridgehead atoms. The number of halogens is 2. The molecule has 0 heterocycles. The predicted molar refractivity (Wildman–Crippen MR) is 98.3 cm³/mol. The van der Waals surface area contributed by atoms with Crippen molar-refractivity contribution in [1.82, 2.24) is 0 Å². The third kappa shape index (κ3) is 4.89. The fraction of sp³-hybridized carbons (Fsp3) is 0.222. The number of nitrogens with one attached hydrogen (secondary N) is 1. The summed E-state index contributed by atoms with van der Waals surface area (Å²) in [6.07, 6.45) is -1.18. The van der Waals surface area contributed by atoms with Gasteiger partial charge in [-0.1, -0.05) is 30.7 Å². The van der Waals surface area contributed by atoms with Gasteiger partial charge >= 0.3 is 5.97 Å². The van der Waals surface area contributed by atoms with E-state index in [2.05, 4.69) is 5.32 Å². The fourth-order valence-corrected chi connectivity index (χ4v) is 3.19. The average molecular weight is 398 g/mol. The Balaban J connectivity index is 2.09. The number of benzene rings is 2. The Kier molecular flexibility index (Phi) is 6.88. The summed E-state index contributed by atoms with van der Waals surface area (Å²) in [4.78, 5) is 24.8. The number of anilines is 1. The lowest BCUT2D eigenvalue weighted by atomic mass is 10.2. The van der Waals surface area contributed by atoms with Crippen molar-refractivity contribution in [1.29, 1.82) is 0 Å². The normalized spacial score (nSPS) is 12.9. The van der Waals surface area contributed by atoms with Crippen LogP contribution in [0.4, 0.5) is 10.1 Å². The Morgan fingerprint density at radius 3 is 2.62 bits per heavy atom. The maximum Gasteiger partial charge on any atom is 0.340 e. The second-order valence-electron chi connectivity index (χ2n) is 5.29. The molecule has 2 rings (SSSR count).